The number of likely N-dealkylation sites (tertiary alicyclic amines) is 1. The van der Waals surface area contributed by atoms with Gasteiger partial charge >= 0.3 is 0 Å². The molecule has 3 fully saturated rings. The SMILES string of the molecule is C=CCN(C(=O)[C@@H]1[C@H]2C(=O)N([C@@H](CO)C(C)C)C(C(=O)N(CC=C)c3ccccc3Cl)C23CC[C@@]1(CC)O3)c1ccccc1. The van der Waals surface area contributed by atoms with E-state index in [1.807, 2.05) is 51.1 Å². The number of anilines is 2. The largest absolute Gasteiger partial charge is 0.394 e. The average molecular weight is 620 g/mol. The van der Waals surface area contributed by atoms with E-state index in [0.29, 0.717) is 35.7 Å². The first-order valence-electron chi connectivity index (χ1n) is 15.4. The van der Waals surface area contributed by atoms with Crippen LogP contribution in [0.4, 0.5) is 11.4 Å². The lowest BCUT2D eigenvalue weighted by atomic mass is 9.64. The van der Waals surface area contributed by atoms with E-state index in [1.165, 1.54) is 9.80 Å². The van der Waals surface area contributed by atoms with Crippen molar-refractivity contribution in [3.05, 3.63) is 84.9 Å². The van der Waals surface area contributed by atoms with E-state index >= 15 is 0 Å². The number of amides is 3. The van der Waals surface area contributed by atoms with Crippen molar-refractivity contribution in [2.45, 2.75) is 63.3 Å². The van der Waals surface area contributed by atoms with Gasteiger partial charge in [-0.3, -0.25) is 14.4 Å². The van der Waals surface area contributed by atoms with Crippen LogP contribution in [0, 0.1) is 17.8 Å². The summed E-state index contributed by atoms with van der Waals surface area (Å²) in [6.45, 7) is 13.6. The molecule has 2 unspecified atom stereocenters. The summed E-state index contributed by atoms with van der Waals surface area (Å²) in [6.07, 6.45) is 4.74. The Morgan fingerprint density at radius 1 is 1.05 bits per heavy atom. The molecular formula is C35H42ClN3O5. The second-order valence-electron chi connectivity index (χ2n) is 12.3. The van der Waals surface area contributed by atoms with Crippen LogP contribution in [0.25, 0.3) is 0 Å². The Hall–Kier alpha value is -3.46. The molecule has 0 radical (unpaired) electrons. The fraction of sp³-hybridized carbons (Fsp3) is 0.457. The van der Waals surface area contributed by atoms with E-state index in [1.54, 1.807) is 41.3 Å². The Morgan fingerprint density at radius 2 is 1.68 bits per heavy atom. The van der Waals surface area contributed by atoms with Gasteiger partial charge in [0, 0.05) is 18.8 Å². The normalized spacial score (nSPS) is 27.7. The van der Waals surface area contributed by atoms with Gasteiger partial charge in [0.25, 0.3) is 5.91 Å². The Morgan fingerprint density at radius 3 is 2.27 bits per heavy atom. The minimum absolute atomic E-state index is 0.149. The van der Waals surface area contributed by atoms with Crippen LogP contribution in [0.5, 0.6) is 0 Å². The molecule has 0 saturated carbocycles. The van der Waals surface area contributed by atoms with E-state index < -0.39 is 35.1 Å². The van der Waals surface area contributed by atoms with Gasteiger partial charge in [-0.1, -0.05) is 74.9 Å². The number of ether oxygens (including phenoxy) is 1. The number of halogens is 1. The molecule has 6 atom stereocenters. The average Bonchev–Trinajstić information content (AvgIpc) is 3.63. The highest BCUT2D eigenvalue weighted by molar-refractivity contribution is 6.34. The zero-order chi connectivity index (χ0) is 31.8. The molecule has 3 aliphatic heterocycles. The molecule has 1 spiro atoms. The molecule has 2 aromatic carbocycles. The van der Waals surface area contributed by atoms with Crippen LogP contribution in [0.3, 0.4) is 0 Å². The van der Waals surface area contributed by atoms with Crippen molar-refractivity contribution in [1.82, 2.24) is 4.90 Å². The van der Waals surface area contributed by atoms with E-state index in [2.05, 4.69) is 13.2 Å². The van der Waals surface area contributed by atoms with Crippen molar-refractivity contribution in [1.29, 1.82) is 0 Å². The molecule has 5 rings (SSSR count). The third-order valence-corrected chi connectivity index (χ3v) is 10.1. The maximum absolute atomic E-state index is 14.9. The smallest absolute Gasteiger partial charge is 0.253 e. The number of aliphatic hydroxyl groups is 1. The fourth-order valence-corrected chi connectivity index (χ4v) is 8.01. The predicted molar refractivity (Wildman–Crippen MR) is 172 cm³/mol. The molecule has 2 aromatic rings. The molecule has 2 bridgehead atoms. The molecule has 3 saturated heterocycles. The van der Waals surface area contributed by atoms with Crippen molar-refractivity contribution >= 4 is 40.7 Å². The number of benzene rings is 2. The number of para-hydroxylation sites is 2. The molecule has 3 heterocycles. The number of fused-ring (bicyclic) bond motifs is 1. The Kier molecular flexibility index (Phi) is 9.08. The van der Waals surface area contributed by atoms with Gasteiger partial charge in [-0.05, 0) is 49.4 Å². The predicted octanol–water partition coefficient (Wildman–Crippen LogP) is 5.25. The van der Waals surface area contributed by atoms with Crippen LogP contribution in [0.15, 0.2) is 79.9 Å². The molecule has 1 N–H and O–H groups in total. The van der Waals surface area contributed by atoms with Gasteiger partial charge in [0.15, 0.2) is 0 Å². The first-order valence-corrected chi connectivity index (χ1v) is 15.8. The van der Waals surface area contributed by atoms with Gasteiger partial charge in [0.05, 0.1) is 40.8 Å². The van der Waals surface area contributed by atoms with Crippen molar-refractivity contribution < 1.29 is 24.2 Å². The maximum Gasteiger partial charge on any atom is 0.253 e. The Balaban J connectivity index is 1.67. The lowest BCUT2D eigenvalue weighted by molar-refractivity contribution is -0.150. The number of nitrogens with zero attached hydrogens (tertiary/aromatic N) is 3. The molecular weight excluding hydrogens is 578 g/mol. The highest BCUT2D eigenvalue weighted by Gasteiger charge is 2.79. The standard InChI is InChI=1S/C35H42ClN3O5/c1-6-20-37(24-14-10-9-11-15-24)31(41)28-29-32(42)39(27(22-40)23(4)5)30(35(29)19-18-34(28,8-3)44-35)33(43)38(21-7-2)26-17-13-12-16-25(26)36/h6-7,9-17,23,27-30,40H,1-2,8,18-22H2,3-5H3/t27-,28-,29-,30?,34+,35?/m0/s1. The van der Waals surface area contributed by atoms with Crippen molar-refractivity contribution in [2.24, 2.45) is 17.8 Å². The Bertz CT molecular complexity index is 1430. The molecule has 44 heavy (non-hydrogen) atoms. The van der Waals surface area contributed by atoms with Crippen LogP contribution in [0.2, 0.25) is 5.02 Å². The molecule has 9 heteroatoms. The highest BCUT2D eigenvalue weighted by Crippen LogP contribution is 2.65. The molecule has 0 aliphatic carbocycles. The van der Waals surface area contributed by atoms with E-state index in [-0.39, 0.29) is 43.3 Å². The van der Waals surface area contributed by atoms with Gasteiger partial charge in [0.1, 0.15) is 11.6 Å². The molecule has 234 valence electrons. The lowest BCUT2D eigenvalue weighted by Crippen LogP contribution is -2.60. The van der Waals surface area contributed by atoms with E-state index in [0.717, 1.165) is 0 Å². The second kappa shape index (κ2) is 12.5. The third kappa shape index (κ3) is 4.88. The highest BCUT2D eigenvalue weighted by atomic mass is 35.5. The van der Waals surface area contributed by atoms with Crippen LogP contribution in [-0.2, 0) is 19.1 Å². The topological polar surface area (TPSA) is 90.4 Å². The van der Waals surface area contributed by atoms with E-state index in [9.17, 15) is 19.5 Å². The summed E-state index contributed by atoms with van der Waals surface area (Å²) in [6, 6.07) is 14.6. The van der Waals surface area contributed by atoms with Crippen LogP contribution in [-0.4, -0.2) is 70.7 Å². The Labute approximate surface area is 264 Å². The van der Waals surface area contributed by atoms with Crippen molar-refractivity contribution in [2.75, 3.05) is 29.5 Å². The molecule has 8 nitrogen and oxygen atoms in total. The fourth-order valence-electron chi connectivity index (χ4n) is 7.77. The number of carbonyl (C=O) groups excluding carboxylic acids is 3. The summed E-state index contributed by atoms with van der Waals surface area (Å²) in [5.74, 6) is -2.85. The van der Waals surface area contributed by atoms with Crippen LogP contribution >= 0.6 is 11.6 Å². The second-order valence-corrected chi connectivity index (χ2v) is 12.7. The zero-order valence-electron chi connectivity index (χ0n) is 25.7. The van der Waals surface area contributed by atoms with Gasteiger partial charge in [-0.2, -0.15) is 0 Å². The first-order chi connectivity index (χ1) is 21.1. The van der Waals surface area contributed by atoms with Crippen LogP contribution in [0.1, 0.15) is 40.0 Å². The van der Waals surface area contributed by atoms with Crippen LogP contribution < -0.4 is 9.80 Å². The zero-order valence-corrected chi connectivity index (χ0v) is 26.5. The molecule has 3 amide bonds. The summed E-state index contributed by atoms with van der Waals surface area (Å²) in [4.78, 5) is 49.1. The van der Waals surface area contributed by atoms with E-state index in [4.69, 9.17) is 16.3 Å². The summed E-state index contributed by atoms with van der Waals surface area (Å²) in [5, 5.41) is 11.0. The minimum Gasteiger partial charge on any atom is -0.394 e. The van der Waals surface area contributed by atoms with Gasteiger partial charge in [0.2, 0.25) is 11.8 Å². The number of hydrogen-bond acceptors (Lipinski definition) is 5. The van der Waals surface area contributed by atoms with Gasteiger partial charge in [-0.25, -0.2) is 0 Å². The summed E-state index contributed by atoms with van der Waals surface area (Å²) >= 11 is 6.59. The molecule has 3 aliphatic rings. The first kappa shape index (κ1) is 31.9. The monoisotopic (exact) mass is 619 g/mol. The van der Waals surface area contributed by atoms with Gasteiger partial charge in [-0.15, -0.1) is 13.2 Å². The quantitative estimate of drug-likeness (QED) is 0.328. The lowest BCUT2D eigenvalue weighted by Gasteiger charge is -2.41. The summed E-state index contributed by atoms with van der Waals surface area (Å²) in [7, 11) is 0. The number of hydrogen-bond donors (Lipinski definition) is 1. The number of rotatable bonds is 12. The summed E-state index contributed by atoms with van der Waals surface area (Å²) < 4.78 is 7.00. The third-order valence-electron chi connectivity index (χ3n) is 9.80. The molecule has 0 aromatic heterocycles. The number of carbonyl (C=O) groups is 3. The van der Waals surface area contributed by atoms with Crippen molar-refractivity contribution in [3.8, 4) is 0 Å². The number of aliphatic hydroxyl groups excluding tert-OH is 1. The van der Waals surface area contributed by atoms with Crippen molar-refractivity contribution in [3.63, 3.8) is 0 Å². The summed E-state index contributed by atoms with van der Waals surface area (Å²) in [5.41, 5.74) is -0.995. The van der Waals surface area contributed by atoms with Gasteiger partial charge < -0.3 is 24.5 Å². The maximum atomic E-state index is 14.9. The minimum atomic E-state index is -1.26.